The summed E-state index contributed by atoms with van der Waals surface area (Å²) in [6.45, 7) is 3.79. The van der Waals surface area contributed by atoms with Gasteiger partial charge < -0.3 is 4.18 Å². The summed E-state index contributed by atoms with van der Waals surface area (Å²) in [5.74, 6) is 0.149. The molecule has 3 rings (SSSR count). The molecule has 0 saturated heterocycles. The van der Waals surface area contributed by atoms with E-state index in [0.717, 1.165) is 15.6 Å². The number of aliphatic imine (C=N–C) groups is 1. The monoisotopic (exact) mass is 555 g/mol. The van der Waals surface area contributed by atoms with E-state index in [4.69, 9.17) is 15.8 Å². The first-order valence-electron chi connectivity index (χ1n) is 8.46. The SMILES string of the molecule is Cc1ccc(S(=O)(=O)Oc2c(Br)cc(Br)cc2C=Nc2ccc(C)c(Cl)c2)cc1. The van der Waals surface area contributed by atoms with Crippen molar-refractivity contribution in [1.82, 2.24) is 0 Å². The molecular formula is C21H16Br2ClNO3S. The van der Waals surface area contributed by atoms with Crippen molar-refractivity contribution < 1.29 is 12.6 Å². The van der Waals surface area contributed by atoms with Crippen LogP contribution in [-0.4, -0.2) is 14.6 Å². The molecule has 0 fully saturated rings. The van der Waals surface area contributed by atoms with Crippen LogP contribution in [0.3, 0.4) is 0 Å². The molecule has 0 aliphatic carbocycles. The Balaban J connectivity index is 1.99. The normalized spacial score (nSPS) is 11.8. The highest BCUT2D eigenvalue weighted by Crippen LogP contribution is 2.34. The quantitative estimate of drug-likeness (QED) is 0.251. The Kier molecular flexibility index (Phi) is 6.83. The maximum absolute atomic E-state index is 12.7. The van der Waals surface area contributed by atoms with Crippen molar-refractivity contribution in [2.45, 2.75) is 18.7 Å². The molecule has 0 spiro atoms. The number of benzene rings is 3. The summed E-state index contributed by atoms with van der Waals surface area (Å²) in [5, 5.41) is 0.605. The van der Waals surface area contributed by atoms with E-state index in [1.54, 1.807) is 30.3 Å². The van der Waals surface area contributed by atoms with Crippen LogP contribution >= 0.6 is 43.5 Å². The third-order valence-corrected chi connectivity index (χ3v) is 6.74. The Bertz CT molecular complexity index is 1190. The van der Waals surface area contributed by atoms with Crippen LogP contribution in [0.5, 0.6) is 5.75 Å². The van der Waals surface area contributed by atoms with Gasteiger partial charge in [0.1, 0.15) is 4.90 Å². The highest BCUT2D eigenvalue weighted by molar-refractivity contribution is 9.11. The fourth-order valence-corrected chi connectivity index (χ4v) is 5.03. The van der Waals surface area contributed by atoms with Crippen LogP contribution in [-0.2, 0) is 10.1 Å². The molecule has 0 saturated carbocycles. The van der Waals surface area contributed by atoms with Gasteiger partial charge in [0.25, 0.3) is 0 Å². The van der Waals surface area contributed by atoms with E-state index >= 15 is 0 Å². The Hall–Kier alpha value is -1.67. The van der Waals surface area contributed by atoms with Gasteiger partial charge in [0, 0.05) is 21.3 Å². The number of aryl methyl sites for hydroxylation is 2. The zero-order chi connectivity index (χ0) is 21.2. The summed E-state index contributed by atoms with van der Waals surface area (Å²) in [7, 11) is -4.01. The average Bonchev–Trinajstić information content (AvgIpc) is 2.65. The number of nitrogens with zero attached hydrogens (tertiary/aromatic N) is 1. The molecule has 8 heteroatoms. The maximum Gasteiger partial charge on any atom is 0.339 e. The minimum Gasteiger partial charge on any atom is -0.377 e. The summed E-state index contributed by atoms with van der Waals surface area (Å²) in [6, 6.07) is 15.3. The van der Waals surface area contributed by atoms with E-state index in [1.165, 1.54) is 18.3 Å². The first kappa shape index (κ1) is 22.0. The van der Waals surface area contributed by atoms with Gasteiger partial charge in [-0.25, -0.2) is 0 Å². The van der Waals surface area contributed by atoms with Crippen molar-refractivity contribution in [3.8, 4) is 5.75 Å². The lowest BCUT2D eigenvalue weighted by atomic mass is 10.2. The van der Waals surface area contributed by atoms with Crippen LogP contribution in [0.4, 0.5) is 5.69 Å². The molecule has 0 unspecified atom stereocenters. The first-order chi connectivity index (χ1) is 13.7. The second-order valence-corrected chi connectivity index (χ2v) is 10.1. The maximum atomic E-state index is 12.7. The Morgan fingerprint density at radius 3 is 2.34 bits per heavy atom. The van der Waals surface area contributed by atoms with Crippen LogP contribution in [0, 0.1) is 13.8 Å². The van der Waals surface area contributed by atoms with Gasteiger partial charge in [0.05, 0.1) is 10.2 Å². The second-order valence-electron chi connectivity index (χ2n) is 6.35. The molecule has 3 aromatic rings. The third kappa shape index (κ3) is 5.48. The third-order valence-electron chi connectivity index (χ3n) is 4.05. The van der Waals surface area contributed by atoms with Crippen molar-refractivity contribution >= 4 is 65.5 Å². The Morgan fingerprint density at radius 2 is 1.69 bits per heavy atom. The fraction of sp³-hybridized carbons (Fsp3) is 0.0952. The van der Waals surface area contributed by atoms with Crippen LogP contribution < -0.4 is 4.18 Å². The molecule has 3 aromatic carbocycles. The van der Waals surface area contributed by atoms with Gasteiger partial charge in [-0.05, 0) is 71.7 Å². The summed E-state index contributed by atoms with van der Waals surface area (Å²) in [5.41, 5.74) is 3.03. The molecule has 0 heterocycles. The molecule has 29 heavy (non-hydrogen) atoms. The van der Waals surface area contributed by atoms with Gasteiger partial charge in [0.15, 0.2) is 5.75 Å². The van der Waals surface area contributed by atoms with Crippen molar-refractivity contribution in [2.24, 2.45) is 4.99 Å². The highest BCUT2D eigenvalue weighted by atomic mass is 79.9. The molecule has 0 amide bonds. The lowest BCUT2D eigenvalue weighted by Crippen LogP contribution is -2.11. The van der Waals surface area contributed by atoms with Crippen molar-refractivity contribution in [3.05, 3.63) is 85.3 Å². The zero-order valence-corrected chi connectivity index (χ0v) is 20.2. The van der Waals surface area contributed by atoms with Crippen LogP contribution in [0.15, 0.2) is 73.4 Å². The van der Waals surface area contributed by atoms with Gasteiger partial charge >= 0.3 is 10.1 Å². The topological polar surface area (TPSA) is 55.7 Å². The highest BCUT2D eigenvalue weighted by Gasteiger charge is 2.20. The van der Waals surface area contributed by atoms with E-state index in [9.17, 15) is 8.42 Å². The largest absolute Gasteiger partial charge is 0.377 e. The molecule has 0 N–H and O–H groups in total. The van der Waals surface area contributed by atoms with Crippen molar-refractivity contribution in [2.75, 3.05) is 0 Å². The minimum absolute atomic E-state index is 0.0751. The Labute approximate surface area is 192 Å². The minimum atomic E-state index is -4.01. The predicted molar refractivity (Wildman–Crippen MR) is 124 cm³/mol. The van der Waals surface area contributed by atoms with Crippen molar-refractivity contribution in [1.29, 1.82) is 0 Å². The lowest BCUT2D eigenvalue weighted by molar-refractivity contribution is 0.484. The molecular weight excluding hydrogens is 542 g/mol. The zero-order valence-electron chi connectivity index (χ0n) is 15.5. The predicted octanol–water partition coefficient (Wildman–Crippen LogP) is 7.00. The lowest BCUT2D eigenvalue weighted by Gasteiger charge is -2.12. The van der Waals surface area contributed by atoms with E-state index in [-0.39, 0.29) is 10.6 Å². The molecule has 150 valence electrons. The number of hydrogen-bond donors (Lipinski definition) is 0. The van der Waals surface area contributed by atoms with Gasteiger partial charge in [-0.2, -0.15) is 8.42 Å². The average molecular weight is 558 g/mol. The van der Waals surface area contributed by atoms with Gasteiger partial charge in [0.2, 0.25) is 0 Å². The van der Waals surface area contributed by atoms with E-state index in [2.05, 4.69) is 36.9 Å². The van der Waals surface area contributed by atoms with Crippen LogP contribution in [0.2, 0.25) is 5.02 Å². The van der Waals surface area contributed by atoms with E-state index < -0.39 is 10.1 Å². The number of rotatable bonds is 5. The summed E-state index contributed by atoms with van der Waals surface area (Å²) < 4.78 is 32.2. The van der Waals surface area contributed by atoms with Crippen LogP contribution in [0.1, 0.15) is 16.7 Å². The standard InChI is InChI=1S/C21H16Br2ClNO3S/c1-13-3-7-18(8-4-13)29(26,27)28-21-15(9-16(22)10-19(21)23)12-25-17-6-5-14(2)20(24)11-17/h3-12H,1-2H3. The molecule has 4 nitrogen and oxygen atoms in total. The van der Waals surface area contributed by atoms with Gasteiger partial charge in [-0.15, -0.1) is 0 Å². The molecule has 0 atom stereocenters. The molecule has 0 aliphatic rings. The Morgan fingerprint density at radius 1 is 1.00 bits per heavy atom. The summed E-state index contributed by atoms with van der Waals surface area (Å²) in [6.07, 6.45) is 1.54. The fourth-order valence-electron chi connectivity index (χ4n) is 2.43. The number of halogens is 3. The smallest absolute Gasteiger partial charge is 0.339 e. The summed E-state index contributed by atoms with van der Waals surface area (Å²) in [4.78, 5) is 4.48. The van der Waals surface area contributed by atoms with Crippen molar-refractivity contribution in [3.63, 3.8) is 0 Å². The molecule has 0 aliphatic heterocycles. The van der Waals surface area contributed by atoms with Crippen LogP contribution in [0.25, 0.3) is 0 Å². The first-order valence-corrected chi connectivity index (χ1v) is 11.8. The van der Waals surface area contributed by atoms with Gasteiger partial charge in [-0.1, -0.05) is 51.3 Å². The summed E-state index contributed by atoms with van der Waals surface area (Å²) >= 11 is 12.9. The number of hydrogen-bond acceptors (Lipinski definition) is 4. The van der Waals surface area contributed by atoms with E-state index in [0.29, 0.717) is 20.7 Å². The van der Waals surface area contributed by atoms with Gasteiger partial charge in [-0.3, -0.25) is 4.99 Å². The van der Waals surface area contributed by atoms with E-state index in [1.807, 2.05) is 26.0 Å². The second kappa shape index (κ2) is 9.00. The molecule has 0 bridgehead atoms. The molecule has 0 aromatic heterocycles. The molecule has 0 radical (unpaired) electrons.